The van der Waals surface area contributed by atoms with Crippen LogP contribution in [0, 0.1) is 0 Å². The lowest BCUT2D eigenvalue weighted by molar-refractivity contribution is 0.0650. The Balaban J connectivity index is 2.46. The molecule has 0 aliphatic rings. The molecule has 0 radical (unpaired) electrons. The van der Waals surface area contributed by atoms with Gasteiger partial charge in [-0.05, 0) is 30.7 Å². The van der Waals surface area contributed by atoms with Crippen LogP contribution >= 0.6 is 0 Å². The van der Waals surface area contributed by atoms with Crippen molar-refractivity contribution < 1.29 is 19.2 Å². The molecule has 1 heterocycles. The number of carboxylic acids is 1. The second kappa shape index (κ2) is 4.91. The summed E-state index contributed by atoms with van der Waals surface area (Å²) in [6.45, 7) is 1.87. The fourth-order valence-corrected chi connectivity index (χ4v) is 1.78. The number of ether oxygens (including phenoxy) is 1. The minimum absolute atomic E-state index is 0.0941. The molecule has 0 fully saturated rings. The van der Waals surface area contributed by atoms with Crippen molar-refractivity contribution in [3.8, 4) is 17.0 Å². The molecule has 1 aromatic carbocycles. The number of benzene rings is 1. The fraction of sp³-hybridized carbons (Fsp3) is 0.231. The van der Waals surface area contributed by atoms with Gasteiger partial charge in [-0.1, -0.05) is 12.1 Å². The summed E-state index contributed by atoms with van der Waals surface area (Å²) in [6, 6.07) is 7.23. The molecule has 2 rings (SSSR count). The fourth-order valence-electron chi connectivity index (χ4n) is 1.78. The Morgan fingerprint density at radius 1 is 1.39 bits per heavy atom. The average Bonchev–Trinajstić information content (AvgIpc) is 2.82. The zero-order valence-electron chi connectivity index (χ0n) is 10.1. The molecule has 1 aromatic heterocycles. The smallest absolute Gasteiger partial charge is 0.375 e. The van der Waals surface area contributed by atoms with E-state index in [-0.39, 0.29) is 5.76 Å². The number of hydrogen-bond donors (Lipinski definition) is 1. The van der Waals surface area contributed by atoms with Gasteiger partial charge in [-0.3, -0.25) is 0 Å². The standard InChI is InChI=1S/C13H13NO4/c1-3-10-11(14-18-12(10)13(15)16)8-4-6-9(17-2)7-5-8/h4-7H,3H2,1-2H3,(H,15,16). The molecule has 0 bridgehead atoms. The summed E-state index contributed by atoms with van der Waals surface area (Å²) in [5.74, 6) is -0.457. The molecule has 0 atom stereocenters. The molecule has 2 aromatic rings. The lowest BCUT2D eigenvalue weighted by Crippen LogP contribution is -1.98. The van der Waals surface area contributed by atoms with Crippen LogP contribution in [0.4, 0.5) is 0 Å². The Bertz CT molecular complexity index is 557. The first kappa shape index (κ1) is 12.2. The van der Waals surface area contributed by atoms with Gasteiger partial charge in [-0.25, -0.2) is 4.79 Å². The van der Waals surface area contributed by atoms with Crippen LogP contribution in [0.1, 0.15) is 23.0 Å². The van der Waals surface area contributed by atoms with Crippen molar-refractivity contribution in [2.45, 2.75) is 13.3 Å². The minimum Gasteiger partial charge on any atom is -0.497 e. The molecule has 0 saturated carbocycles. The molecule has 0 saturated heterocycles. The van der Waals surface area contributed by atoms with Gasteiger partial charge in [0.05, 0.1) is 7.11 Å². The van der Waals surface area contributed by atoms with E-state index in [0.717, 1.165) is 11.3 Å². The highest BCUT2D eigenvalue weighted by Crippen LogP contribution is 2.27. The van der Waals surface area contributed by atoms with E-state index in [0.29, 0.717) is 17.7 Å². The molecule has 1 N–H and O–H groups in total. The normalized spacial score (nSPS) is 10.3. The average molecular weight is 247 g/mol. The summed E-state index contributed by atoms with van der Waals surface area (Å²) in [4.78, 5) is 11.0. The van der Waals surface area contributed by atoms with Crippen molar-refractivity contribution in [2.24, 2.45) is 0 Å². The van der Waals surface area contributed by atoms with Crippen LogP contribution in [0.25, 0.3) is 11.3 Å². The van der Waals surface area contributed by atoms with Gasteiger partial charge < -0.3 is 14.4 Å². The quantitative estimate of drug-likeness (QED) is 0.899. The van der Waals surface area contributed by atoms with Crippen molar-refractivity contribution >= 4 is 5.97 Å². The third-order valence-electron chi connectivity index (χ3n) is 2.70. The molecular formula is C13H13NO4. The third-order valence-corrected chi connectivity index (χ3v) is 2.70. The first-order chi connectivity index (χ1) is 8.67. The highest BCUT2D eigenvalue weighted by molar-refractivity contribution is 5.88. The van der Waals surface area contributed by atoms with Crippen molar-refractivity contribution in [1.82, 2.24) is 5.16 Å². The maximum atomic E-state index is 11.0. The van der Waals surface area contributed by atoms with Crippen molar-refractivity contribution in [3.05, 3.63) is 35.6 Å². The summed E-state index contributed by atoms with van der Waals surface area (Å²) >= 11 is 0. The number of hydrogen-bond acceptors (Lipinski definition) is 4. The molecular weight excluding hydrogens is 234 g/mol. The second-order valence-corrected chi connectivity index (χ2v) is 3.73. The van der Waals surface area contributed by atoms with E-state index < -0.39 is 5.97 Å². The van der Waals surface area contributed by atoms with Crippen molar-refractivity contribution in [2.75, 3.05) is 7.11 Å². The van der Waals surface area contributed by atoms with Crippen LogP contribution in [-0.4, -0.2) is 23.3 Å². The summed E-state index contributed by atoms with van der Waals surface area (Å²) in [5, 5.41) is 12.8. The van der Waals surface area contributed by atoms with E-state index in [2.05, 4.69) is 5.16 Å². The Labute approximate surface area is 104 Å². The van der Waals surface area contributed by atoms with Crippen LogP contribution in [0.2, 0.25) is 0 Å². The van der Waals surface area contributed by atoms with Gasteiger partial charge in [0.25, 0.3) is 0 Å². The van der Waals surface area contributed by atoms with E-state index in [4.69, 9.17) is 14.4 Å². The van der Waals surface area contributed by atoms with Gasteiger partial charge in [-0.15, -0.1) is 0 Å². The van der Waals surface area contributed by atoms with Crippen LogP contribution in [0.15, 0.2) is 28.8 Å². The molecule has 0 amide bonds. The summed E-state index contributed by atoms with van der Waals surface area (Å²) in [6.07, 6.45) is 0.548. The van der Waals surface area contributed by atoms with Crippen LogP contribution in [0.3, 0.4) is 0 Å². The second-order valence-electron chi connectivity index (χ2n) is 3.73. The number of nitrogens with zero attached hydrogens (tertiary/aromatic N) is 1. The highest BCUT2D eigenvalue weighted by atomic mass is 16.5. The van der Waals surface area contributed by atoms with Gasteiger partial charge in [0.15, 0.2) is 0 Å². The van der Waals surface area contributed by atoms with Gasteiger partial charge >= 0.3 is 5.97 Å². The predicted molar refractivity (Wildman–Crippen MR) is 64.8 cm³/mol. The molecule has 18 heavy (non-hydrogen) atoms. The summed E-state index contributed by atoms with van der Waals surface area (Å²) in [7, 11) is 1.59. The number of carboxylic acid groups (broad SMARTS) is 1. The van der Waals surface area contributed by atoms with Gasteiger partial charge in [0, 0.05) is 11.1 Å². The predicted octanol–water partition coefficient (Wildman–Crippen LogP) is 2.61. The van der Waals surface area contributed by atoms with E-state index in [9.17, 15) is 4.79 Å². The minimum atomic E-state index is -1.10. The lowest BCUT2D eigenvalue weighted by atomic mass is 10.0. The van der Waals surface area contributed by atoms with Crippen molar-refractivity contribution in [3.63, 3.8) is 0 Å². The van der Waals surface area contributed by atoms with E-state index >= 15 is 0 Å². The number of rotatable bonds is 4. The first-order valence-corrected chi connectivity index (χ1v) is 5.53. The zero-order valence-corrected chi connectivity index (χ0v) is 10.1. The monoisotopic (exact) mass is 247 g/mol. The maximum Gasteiger partial charge on any atom is 0.375 e. The number of methoxy groups -OCH3 is 1. The largest absolute Gasteiger partial charge is 0.497 e. The summed E-state index contributed by atoms with van der Waals surface area (Å²) in [5.41, 5.74) is 1.98. The molecule has 5 nitrogen and oxygen atoms in total. The Morgan fingerprint density at radius 2 is 2.06 bits per heavy atom. The van der Waals surface area contributed by atoms with E-state index in [1.807, 2.05) is 19.1 Å². The van der Waals surface area contributed by atoms with Gasteiger partial charge in [-0.2, -0.15) is 0 Å². The van der Waals surface area contributed by atoms with E-state index in [1.165, 1.54) is 0 Å². The van der Waals surface area contributed by atoms with Gasteiger partial charge in [0.1, 0.15) is 11.4 Å². The zero-order chi connectivity index (χ0) is 13.1. The Kier molecular flexibility index (Phi) is 3.32. The number of aromatic carboxylic acids is 1. The number of carbonyl (C=O) groups is 1. The lowest BCUT2D eigenvalue weighted by Gasteiger charge is -2.02. The third kappa shape index (κ3) is 2.07. The molecule has 0 unspecified atom stereocenters. The molecule has 0 aliphatic heterocycles. The Morgan fingerprint density at radius 3 is 2.56 bits per heavy atom. The number of aromatic nitrogens is 1. The van der Waals surface area contributed by atoms with Gasteiger partial charge in [0.2, 0.25) is 5.76 Å². The molecule has 94 valence electrons. The molecule has 5 heteroatoms. The highest BCUT2D eigenvalue weighted by Gasteiger charge is 2.20. The first-order valence-electron chi connectivity index (χ1n) is 5.53. The van der Waals surface area contributed by atoms with Crippen molar-refractivity contribution in [1.29, 1.82) is 0 Å². The maximum absolute atomic E-state index is 11.0. The topological polar surface area (TPSA) is 72.6 Å². The Hall–Kier alpha value is -2.30. The van der Waals surface area contributed by atoms with Crippen LogP contribution in [0.5, 0.6) is 5.75 Å². The van der Waals surface area contributed by atoms with Crippen LogP contribution in [-0.2, 0) is 6.42 Å². The summed E-state index contributed by atoms with van der Waals surface area (Å²) < 4.78 is 9.95. The van der Waals surface area contributed by atoms with Crippen LogP contribution < -0.4 is 4.74 Å². The molecule has 0 aliphatic carbocycles. The SMILES string of the molecule is CCc1c(-c2ccc(OC)cc2)noc1C(=O)O. The molecule has 0 spiro atoms. The van der Waals surface area contributed by atoms with E-state index in [1.54, 1.807) is 19.2 Å².